The van der Waals surface area contributed by atoms with E-state index in [1.807, 2.05) is 0 Å². The zero-order valence-corrected chi connectivity index (χ0v) is 12.4. The highest BCUT2D eigenvalue weighted by Gasteiger charge is 2.11. The van der Waals surface area contributed by atoms with Crippen molar-refractivity contribution >= 4 is 0 Å². The van der Waals surface area contributed by atoms with Gasteiger partial charge in [-0.25, -0.2) is 0 Å². The van der Waals surface area contributed by atoms with Crippen LogP contribution >= 0.6 is 0 Å². The van der Waals surface area contributed by atoms with Crippen LogP contribution in [-0.4, -0.2) is 13.2 Å². The van der Waals surface area contributed by atoms with Crippen LogP contribution < -0.4 is 10.5 Å². The molecule has 2 rings (SSSR count). The van der Waals surface area contributed by atoms with Gasteiger partial charge in [0.05, 0.1) is 6.61 Å². The molecule has 20 heavy (non-hydrogen) atoms. The van der Waals surface area contributed by atoms with E-state index in [0.717, 1.165) is 31.7 Å². The normalized spacial score (nSPS) is 10.6. The summed E-state index contributed by atoms with van der Waals surface area (Å²) in [6.07, 6.45) is 2.00. The molecule has 0 saturated carbocycles. The van der Waals surface area contributed by atoms with E-state index in [2.05, 4.69) is 56.3 Å². The zero-order valence-electron chi connectivity index (χ0n) is 12.4. The Bertz CT molecular complexity index is 563. The van der Waals surface area contributed by atoms with Crippen molar-refractivity contribution in [2.24, 2.45) is 5.73 Å². The molecule has 0 aliphatic rings. The Morgan fingerprint density at radius 2 is 1.65 bits per heavy atom. The number of hydrogen-bond donors (Lipinski definition) is 1. The lowest BCUT2D eigenvalue weighted by Crippen LogP contribution is -2.04. The molecule has 2 nitrogen and oxygen atoms in total. The summed E-state index contributed by atoms with van der Waals surface area (Å²) in [6.45, 7) is 5.72. The minimum Gasteiger partial charge on any atom is -0.493 e. The Balaban J connectivity index is 2.30. The first-order valence-corrected chi connectivity index (χ1v) is 7.22. The second-order valence-electron chi connectivity index (χ2n) is 5.11. The molecule has 0 bridgehead atoms. The van der Waals surface area contributed by atoms with Crippen molar-refractivity contribution in [3.8, 4) is 16.9 Å². The maximum Gasteiger partial charge on any atom is 0.127 e. The summed E-state index contributed by atoms with van der Waals surface area (Å²) in [5, 5.41) is 0. The number of ether oxygens (including phenoxy) is 1. The Hall–Kier alpha value is -1.80. The second kappa shape index (κ2) is 7.11. The average Bonchev–Trinajstić information content (AvgIpc) is 2.45. The summed E-state index contributed by atoms with van der Waals surface area (Å²) in [4.78, 5) is 0. The maximum atomic E-state index is 5.97. The molecule has 0 aliphatic carbocycles. The zero-order chi connectivity index (χ0) is 14.4. The number of hydrogen-bond acceptors (Lipinski definition) is 2. The summed E-state index contributed by atoms with van der Waals surface area (Å²) in [6, 6.07) is 14.7. The minimum atomic E-state index is 0.722. The van der Waals surface area contributed by atoms with Crippen LogP contribution in [0.5, 0.6) is 5.75 Å². The van der Waals surface area contributed by atoms with Crippen LogP contribution in [-0.2, 0) is 0 Å². The van der Waals surface area contributed by atoms with Crippen LogP contribution in [0.3, 0.4) is 0 Å². The smallest absolute Gasteiger partial charge is 0.127 e. The van der Waals surface area contributed by atoms with Crippen LogP contribution in [0.15, 0.2) is 42.5 Å². The number of nitrogens with two attached hydrogens (primary N) is 1. The number of aryl methyl sites for hydroxylation is 2. The molecule has 0 aromatic heterocycles. The lowest BCUT2D eigenvalue weighted by atomic mass is 9.96. The largest absolute Gasteiger partial charge is 0.493 e. The molecule has 106 valence electrons. The van der Waals surface area contributed by atoms with E-state index >= 15 is 0 Å². The third kappa shape index (κ3) is 3.40. The highest BCUT2D eigenvalue weighted by atomic mass is 16.5. The predicted octanol–water partition coefficient (Wildman–Crippen LogP) is 4.09. The first kappa shape index (κ1) is 14.6. The van der Waals surface area contributed by atoms with Gasteiger partial charge in [-0.05, 0) is 56.0 Å². The standard InChI is InChI=1S/C18H23NO/c1-14-8-3-4-10-16(14)18-15(2)9-7-11-17(18)20-13-6-5-12-19/h3-4,7-11H,5-6,12-13,19H2,1-2H3. The third-order valence-corrected chi connectivity index (χ3v) is 3.50. The van der Waals surface area contributed by atoms with E-state index in [4.69, 9.17) is 10.5 Å². The number of rotatable bonds is 6. The molecule has 0 spiro atoms. The molecule has 0 amide bonds. The van der Waals surface area contributed by atoms with Gasteiger partial charge in [-0.1, -0.05) is 36.4 Å². The van der Waals surface area contributed by atoms with Crippen molar-refractivity contribution in [3.63, 3.8) is 0 Å². The molecule has 0 radical (unpaired) electrons. The molecule has 2 heteroatoms. The van der Waals surface area contributed by atoms with Crippen LogP contribution in [0.4, 0.5) is 0 Å². The highest BCUT2D eigenvalue weighted by molar-refractivity contribution is 5.76. The average molecular weight is 269 g/mol. The topological polar surface area (TPSA) is 35.2 Å². The fraction of sp³-hybridized carbons (Fsp3) is 0.333. The van der Waals surface area contributed by atoms with E-state index in [1.165, 1.54) is 22.3 Å². The van der Waals surface area contributed by atoms with Gasteiger partial charge in [-0.15, -0.1) is 0 Å². The van der Waals surface area contributed by atoms with Gasteiger partial charge in [-0.3, -0.25) is 0 Å². The first-order chi connectivity index (χ1) is 9.74. The van der Waals surface area contributed by atoms with E-state index in [1.54, 1.807) is 0 Å². The van der Waals surface area contributed by atoms with Crippen molar-refractivity contribution < 1.29 is 4.74 Å². The lowest BCUT2D eigenvalue weighted by molar-refractivity contribution is 0.309. The summed E-state index contributed by atoms with van der Waals surface area (Å²) in [5.41, 5.74) is 10.5. The third-order valence-electron chi connectivity index (χ3n) is 3.50. The van der Waals surface area contributed by atoms with Crippen LogP contribution in [0.1, 0.15) is 24.0 Å². The van der Waals surface area contributed by atoms with Gasteiger partial charge in [0.1, 0.15) is 5.75 Å². The van der Waals surface area contributed by atoms with Gasteiger partial charge in [0.2, 0.25) is 0 Å². The summed E-state index contributed by atoms with van der Waals surface area (Å²) in [5.74, 6) is 0.969. The van der Waals surface area contributed by atoms with Gasteiger partial charge >= 0.3 is 0 Å². The Morgan fingerprint density at radius 3 is 2.40 bits per heavy atom. The quantitative estimate of drug-likeness (QED) is 0.802. The molecule has 0 fully saturated rings. The van der Waals surface area contributed by atoms with Crippen molar-refractivity contribution in [1.29, 1.82) is 0 Å². The SMILES string of the molecule is Cc1ccccc1-c1c(C)cccc1OCCCCN. The van der Waals surface area contributed by atoms with Gasteiger partial charge in [-0.2, -0.15) is 0 Å². The van der Waals surface area contributed by atoms with E-state index in [0.29, 0.717) is 0 Å². The molecular formula is C18H23NO. The van der Waals surface area contributed by atoms with Gasteiger partial charge in [0.25, 0.3) is 0 Å². The molecule has 0 heterocycles. The van der Waals surface area contributed by atoms with Crippen LogP contribution in [0.2, 0.25) is 0 Å². The first-order valence-electron chi connectivity index (χ1n) is 7.22. The van der Waals surface area contributed by atoms with Gasteiger partial charge < -0.3 is 10.5 Å². The fourth-order valence-electron chi connectivity index (χ4n) is 2.39. The maximum absolute atomic E-state index is 5.97. The monoisotopic (exact) mass is 269 g/mol. The molecule has 0 saturated heterocycles. The summed E-state index contributed by atoms with van der Waals surface area (Å²) >= 11 is 0. The Morgan fingerprint density at radius 1 is 0.900 bits per heavy atom. The Kier molecular flexibility index (Phi) is 5.19. The molecule has 2 aromatic carbocycles. The number of unbranched alkanes of at least 4 members (excludes halogenated alkanes) is 1. The lowest BCUT2D eigenvalue weighted by Gasteiger charge is -2.15. The molecule has 2 aromatic rings. The highest BCUT2D eigenvalue weighted by Crippen LogP contribution is 2.35. The Labute approximate surface area is 121 Å². The molecule has 0 atom stereocenters. The fourth-order valence-corrected chi connectivity index (χ4v) is 2.39. The van der Waals surface area contributed by atoms with E-state index in [-0.39, 0.29) is 0 Å². The van der Waals surface area contributed by atoms with Crippen molar-refractivity contribution in [2.45, 2.75) is 26.7 Å². The predicted molar refractivity (Wildman–Crippen MR) is 85.1 cm³/mol. The summed E-state index contributed by atoms with van der Waals surface area (Å²) in [7, 11) is 0. The van der Waals surface area contributed by atoms with E-state index in [9.17, 15) is 0 Å². The number of benzene rings is 2. The van der Waals surface area contributed by atoms with Gasteiger partial charge in [0, 0.05) is 5.56 Å². The minimum absolute atomic E-state index is 0.722. The summed E-state index contributed by atoms with van der Waals surface area (Å²) < 4.78 is 5.97. The second-order valence-corrected chi connectivity index (χ2v) is 5.11. The van der Waals surface area contributed by atoms with Gasteiger partial charge in [0.15, 0.2) is 0 Å². The molecule has 0 unspecified atom stereocenters. The van der Waals surface area contributed by atoms with Crippen molar-refractivity contribution in [1.82, 2.24) is 0 Å². The molecular weight excluding hydrogens is 246 g/mol. The molecule has 2 N–H and O–H groups in total. The van der Waals surface area contributed by atoms with Crippen molar-refractivity contribution in [2.75, 3.05) is 13.2 Å². The van der Waals surface area contributed by atoms with E-state index < -0.39 is 0 Å². The van der Waals surface area contributed by atoms with Crippen molar-refractivity contribution in [3.05, 3.63) is 53.6 Å². The van der Waals surface area contributed by atoms with Crippen LogP contribution in [0, 0.1) is 13.8 Å². The van der Waals surface area contributed by atoms with Crippen LogP contribution in [0.25, 0.3) is 11.1 Å². The molecule has 0 aliphatic heterocycles.